The highest BCUT2D eigenvalue weighted by atomic mass is 32.1. The molecule has 240 valence electrons. The molecule has 46 heavy (non-hydrogen) atoms. The van der Waals surface area contributed by atoms with Crippen molar-refractivity contribution in [3.63, 3.8) is 0 Å². The van der Waals surface area contributed by atoms with Crippen molar-refractivity contribution >= 4 is 49.1 Å². The van der Waals surface area contributed by atoms with Crippen molar-refractivity contribution in [3.8, 4) is 23.2 Å². The van der Waals surface area contributed by atoms with Crippen LogP contribution in [0.15, 0.2) is 36.9 Å². The van der Waals surface area contributed by atoms with E-state index in [-0.39, 0.29) is 74.5 Å². The van der Waals surface area contributed by atoms with Crippen molar-refractivity contribution in [2.24, 2.45) is 0 Å². The van der Waals surface area contributed by atoms with Crippen LogP contribution in [0.2, 0.25) is 0 Å². The van der Waals surface area contributed by atoms with Crippen molar-refractivity contribution in [1.82, 2.24) is 19.8 Å². The number of likely N-dealkylation sites (tertiary alicyclic amines) is 2. The molecule has 0 aliphatic carbocycles. The van der Waals surface area contributed by atoms with E-state index in [0.29, 0.717) is 29.7 Å². The number of nitrogens with two attached hydrogens (primary N) is 1. The van der Waals surface area contributed by atoms with Crippen molar-refractivity contribution in [2.45, 2.75) is 44.0 Å². The number of rotatable bonds is 8. The van der Waals surface area contributed by atoms with E-state index in [0.717, 1.165) is 24.3 Å². The highest BCUT2D eigenvalue weighted by Crippen LogP contribution is 2.43. The Balaban J connectivity index is 1.47. The highest BCUT2D eigenvalue weighted by Gasteiger charge is 2.37. The number of amides is 1. The molecule has 4 heterocycles. The second-order valence-corrected chi connectivity index (χ2v) is 12.9. The summed E-state index contributed by atoms with van der Waals surface area (Å²) in [6.07, 6.45) is 2.83. The predicted octanol–water partition coefficient (Wildman–Crippen LogP) is 4.95. The van der Waals surface area contributed by atoms with E-state index in [9.17, 15) is 14.4 Å². The van der Waals surface area contributed by atoms with Gasteiger partial charge in [-0.05, 0) is 50.6 Å². The fourth-order valence-electron chi connectivity index (χ4n) is 6.78. The van der Waals surface area contributed by atoms with Crippen LogP contribution in [-0.4, -0.2) is 90.8 Å². The number of nitrogens with zero attached hydrogens (tertiary/aromatic N) is 6. The summed E-state index contributed by atoms with van der Waals surface area (Å²) >= 11 is 0.954. The second kappa shape index (κ2) is 12.4. The highest BCUT2D eigenvalue weighted by molar-refractivity contribution is 7.23. The number of methoxy groups -OCH3 is 1. The number of anilines is 2. The molecule has 2 aliphatic rings. The summed E-state index contributed by atoms with van der Waals surface area (Å²) in [6.45, 7) is 7.18. The Hall–Kier alpha value is -4.38. The lowest BCUT2D eigenvalue weighted by molar-refractivity contribution is -0.126. The molecule has 0 bridgehead atoms. The average Bonchev–Trinajstić information content (AvgIpc) is 3.73. The summed E-state index contributed by atoms with van der Waals surface area (Å²) in [5.74, 6) is -0.905. The molecule has 2 aromatic heterocycles. The smallest absolute Gasteiger partial charge is 0.319 e. The molecule has 2 N–H and O–H groups in total. The Labute approximate surface area is 269 Å². The maximum Gasteiger partial charge on any atom is 0.319 e. The quantitative estimate of drug-likeness (QED) is 0.265. The van der Waals surface area contributed by atoms with Gasteiger partial charge in [0.05, 0.1) is 22.4 Å². The predicted molar refractivity (Wildman–Crippen MR) is 175 cm³/mol. The normalized spacial score (nSPS) is 21.6. The number of nitriles is 1. The number of likely N-dealkylation sites (N-methyl/N-ethyl adjacent to an activating group) is 2. The zero-order chi connectivity index (χ0) is 32.9. The molecule has 1 amide bonds. The lowest BCUT2D eigenvalue weighted by Crippen LogP contribution is -2.43. The Morgan fingerprint density at radius 1 is 1.28 bits per heavy atom. The van der Waals surface area contributed by atoms with Gasteiger partial charge in [0.25, 0.3) is 0 Å². The zero-order valence-corrected chi connectivity index (χ0v) is 26.9. The monoisotopic (exact) mass is 647 g/mol. The number of carbonyl (C=O) groups is 1. The van der Waals surface area contributed by atoms with Crippen LogP contribution in [-0.2, 0) is 9.53 Å². The molecule has 2 saturated heterocycles. The van der Waals surface area contributed by atoms with Crippen LogP contribution in [0.5, 0.6) is 6.01 Å². The Kier molecular flexibility index (Phi) is 8.54. The fourth-order valence-corrected chi connectivity index (χ4v) is 7.73. The number of fused-ring (bicyclic) bond motifs is 2. The minimum absolute atomic E-state index is 0.00563. The van der Waals surface area contributed by atoms with E-state index in [1.807, 2.05) is 32.0 Å². The maximum absolute atomic E-state index is 16.8. The van der Waals surface area contributed by atoms with Crippen LogP contribution in [0.3, 0.4) is 0 Å². The van der Waals surface area contributed by atoms with Crippen molar-refractivity contribution in [3.05, 3.63) is 54.1 Å². The van der Waals surface area contributed by atoms with E-state index in [1.54, 1.807) is 24.1 Å². The van der Waals surface area contributed by atoms with Crippen molar-refractivity contribution in [2.75, 3.05) is 51.5 Å². The largest absolute Gasteiger partial charge is 0.462 e. The van der Waals surface area contributed by atoms with Gasteiger partial charge in [0, 0.05) is 55.7 Å². The Morgan fingerprint density at radius 3 is 2.74 bits per heavy atom. The van der Waals surface area contributed by atoms with Gasteiger partial charge in [0.2, 0.25) is 5.91 Å². The number of halogens is 2. The average molecular weight is 648 g/mol. The first kappa shape index (κ1) is 31.6. The third-order valence-corrected chi connectivity index (χ3v) is 10.4. The molecule has 4 atom stereocenters. The molecular weight excluding hydrogens is 612 g/mol. The molecule has 0 spiro atoms. The molecule has 2 aliphatic heterocycles. The van der Waals surface area contributed by atoms with Crippen LogP contribution in [0.1, 0.15) is 25.3 Å². The number of hydrogen-bond acceptors (Lipinski definition) is 10. The third kappa shape index (κ3) is 5.30. The number of carbonyl (C=O) groups excluding carboxylic acids is 1. The van der Waals surface area contributed by atoms with Crippen LogP contribution in [0.4, 0.5) is 19.6 Å². The first-order valence-corrected chi connectivity index (χ1v) is 15.8. The number of aromatic nitrogens is 2. The lowest BCUT2D eigenvalue weighted by atomic mass is 9.97. The molecule has 0 saturated carbocycles. The number of benzene rings is 2. The summed E-state index contributed by atoms with van der Waals surface area (Å²) in [5, 5.41) is 10.7. The molecule has 2 aromatic carbocycles. The fraction of sp³-hybridized carbons (Fsp3) is 0.394. The van der Waals surface area contributed by atoms with Gasteiger partial charge in [0.1, 0.15) is 34.8 Å². The molecule has 0 radical (unpaired) electrons. The van der Waals surface area contributed by atoms with Gasteiger partial charge in [0.15, 0.2) is 5.82 Å². The van der Waals surface area contributed by atoms with Crippen LogP contribution in [0.25, 0.3) is 32.1 Å². The molecule has 4 aromatic rings. The van der Waals surface area contributed by atoms with Gasteiger partial charge >= 0.3 is 6.01 Å². The molecular formula is C33H35F2N7O3S. The summed E-state index contributed by atoms with van der Waals surface area (Å²) in [5.41, 5.74) is 6.64. The van der Waals surface area contributed by atoms with Gasteiger partial charge in [-0.3, -0.25) is 9.69 Å². The topological polar surface area (TPSA) is 121 Å². The van der Waals surface area contributed by atoms with Gasteiger partial charge in [-0.25, -0.2) is 8.78 Å². The van der Waals surface area contributed by atoms with E-state index >= 15 is 4.39 Å². The number of hydrogen-bond donors (Lipinski definition) is 1. The summed E-state index contributed by atoms with van der Waals surface area (Å²) in [6, 6.07) is 7.83. The first-order chi connectivity index (χ1) is 22.1. The summed E-state index contributed by atoms with van der Waals surface area (Å²) in [7, 11) is 5.54. The molecule has 10 nitrogen and oxygen atoms in total. The molecule has 13 heteroatoms. The van der Waals surface area contributed by atoms with E-state index in [4.69, 9.17) is 20.2 Å². The standard InChI is InChI=1S/C33H35F2N7O3S/c1-6-26(43)42-12-11-25(17(42)2)41(4)32-22-8-7-21(20-9-10-24(34)30-27(20)23(14-36)31(37)46-30)28(35)29(22)38-33(39-32)45-16-18-13-19(44-5)15-40(18)3/h6-10,17-19,25H,1,11-13,15-16,37H2,2-5H3/t17?,18-,19+,25?/m0/s1. The Morgan fingerprint density at radius 2 is 2.04 bits per heavy atom. The molecule has 6 rings (SSSR count). The SMILES string of the molecule is C=CC(=O)N1CCC(N(C)c2nc(OC[C@@H]3C[C@@H](OC)CN3C)nc3c(F)c(-c4ccc(F)c5sc(N)c(C#N)c45)ccc23)C1C. The number of nitrogen functional groups attached to an aromatic ring is 1. The van der Waals surface area contributed by atoms with Crippen molar-refractivity contribution < 1.29 is 23.0 Å². The maximum atomic E-state index is 16.8. The van der Waals surface area contributed by atoms with Crippen LogP contribution >= 0.6 is 11.3 Å². The summed E-state index contributed by atoms with van der Waals surface area (Å²) in [4.78, 5) is 27.7. The minimum Gasteiger partial charge on any atom is -0.462 e. The van der Waals surface area contributed by atoms with Crippen LogP contribution in [0, 0.1) is 23.0 Å². The van der Waals surface area contributed by atoms with Gasteiger partial charge in [-0.2, -0.15) is 15.2 Å². The third-order valence-electron chi connectivity index (χ3n) is 9.38. The van der Waals surface area contributed by atoms with E-state index in [2.05, 4.69) is 16.5 Å². The minimum atomic E-state index is -0.665. The van der Waals surface area contributed by atoms with E-state index < -0.39 is 11.6 Å². The van der Waals surface area contributed by atoms with E-state index in [1.165, 1.54) is 18.2 Å². The summed E-state index contributed by atoms with van der Waals surface area (Å²) < 4.78 is 43.4. The molecule has 2 fully saturated rings. The second-order valence-electron chi connectivity index (χ2n) is 11.8. The van der Waals surface area contributed by atoms with Gasteiger partial charge in [-0.1, -0.05) is 18.7 Å². The lowest BCUT2D eigenvalue weighted by Gasteiger charge is -2.32. The first-order valence-electron chi connectivity index (χ1n) is 15.0. The van der Waals surface area contributed by atoms with Crippen molar-refractivity contribution in [1.29, 1.82) is 5.26 Å². The van der Waals surface area contributed by atoms with Gasteiger partial charge in [-0.15, -0.1) is 11.3 Å². The van der Waals surface area contributed by atoms with Crippen LogP contribution < -0.4 is 15.4 Å². The number of thiophene rings is 1. The molecule has 2 unspecified atom stereocenters. The Bertz CT molecular complexity index is 1890. The number of ether oxygens (including phenoxy) is 2. The van der Waals surface area contributed by atoms with Gasteiger partial charge < -0.3 is 25.0 Å². The zero-order valence-electron chi connectivity index (χ0n) is 26.1.